The molecule has 2 aromatic rings. The number of hydrogen-bond donors (Lipinski definition) is 2. The van der Waals surface area contributed by atoms with Gasteiger partial charge in [0, 0.05) is 12.7 Å². The molecule has 2 aliphatic rings. The second-order valence-corrected chi connectivity index (χ2v) is 7.89. The van der Waals surface area contributed by atoms with Gasteiger partial charge in [0.05, 0.1) is 19.2 Å². The molecule has 27 heavy (non-hydrogen) atoms. The zero-order valence-electron chi connectivity index (χ0n) is 16.3. The van der Waals surface area contributed by atoms with Crippen LogP contribution in [0.25, 0.3) is 0 Å². The van der Waals surface area contributed by atoms with Gasteiger partial charge in [-0.25, -0.2) is 4.68 Å². The van der Waals surface area contributed by atoms with Gasteiger partial charge in [0.15, 0.2) is 6.04 Å². The lowest BCUT2D eigenvalue weighted by Gasteiger charge is -2.36. The smallest absolute Gasteiger partial charge is 0.214 e. The lowest BCUT2D eigenvalue weighted by atomic mass is 10.0. The first kappa shape index (κ1) is 18.5. The fourth-order valence-electron chi connectivity index (χ4n) is 4.89. The van der Waals surface area contributed by atoms with E-state index in [0.29, 0.717) is 13.2 Å². The lowest BCUT2D eigenvalue weighted by Crippen LogP contribution is -3.29. The number of nitrogens with zero attached hydrogens (tertiary/aromatic N) is 4. The van der Waals surface area contributed by atoms with Crippen LogP contribution in [0.1, 0.15) is 43.1 Å². The standard InChI is InChI=1S/C20H30N6O/c1-27-16-15-26-20(21-22-23-26)19(17-7-3-2-4-8-17)25-13-11-24(12-14-25)18-9-5-6-10-18/h2-4,7-8,18-19H,5-6,9-16H2,1H3/p+2/t19-/m1/s1. The van der Waals surface area contributed by atoms with E-state index >= 15 is 0 Å². The number of tetrazole rings is 1. The third kappa shape index (κ3) is 4.20. The molecule has 1 aromatic heterocycles. The maximum absolute atomic E-state index is 5.25. The molecule has 0 radical (unpaired) electrons. The van der Waals surface area contributed by atoms with Crippen LogP contribution in [0.15, 0.2) is 30.3 Å². The number of rotatable bonds is 7. The molecule has 2 fully saturated rings. The summed E-state index contributed by atoms with van der Waals surface area (Å²) in [5.41, 5.74) is 1.30. The Morgan fingerprint density at radius 3 is 2.56 bits per heavy atom. The summed E-state index contributed by atoms with van der Waals surface area (Å²) < 4.78 is 7.17. The second-order valence-electron chi connectivity index (χ2n) is 7.89. The van der Waals surface area contributed by atoms with E-state index in [1.165, 1.54) is 57.4 Å². The van der Waals surface area contributed by atoms with Gasteiger partial charge in [0.2, 0.25) is 5.82 Å². The number of benzene rings is 1. The van der Waals surface area contributed by atoms with Crippen LogP contribution in [0.5, 0.6) is 0 Å². The molecule has 1 aromatic carbocycles. The summed E-state index contributed by atoms with van der Waals surface area (Å²) in [6.07, 6.45) is 5.68. The maximum atomic E-state index is 5.25. The number of hydrogen-bond acceptors (Lipinski definition) is 4. The molecule has 146 valence electrons. The highest BCUT2D eigenvalue weighted by molar-refractivity contribution is 5.22. The quantitative estimate of drug-likeness (QED) is 0.664. The first-order valence-electron chi connectivity index (χ1n) is 10.4. The fourth-order valence-corrected chi connectivity index (χ4v) is 4.89. The molecule has 0 unspecified atom stereocenters. The van der Waals surface area contributed by atoms with Gasteiger partial charge in [-0.15, -0.1) is 5.10 Å². The highest BCUT2D eigenvalue weighted by Crippen LogP contribution is 2.17. The molecule has 2 heterocycles. The summed E-state index contributed by atoms with van der Waals surface area (Å²) in [4.78, 5) is 3.40. The van der Waals surface area contributed by atoms with Gasteiger partial charge in [-0.3, -0.25) is 0 Å². The molecule has 1 saturated heterocycles. The van der Waals surface area contributed by atoms with Crippen LogP contribution in [0.4, 0.5) is 0 Å². The van der Waals surface area contributed by atoms with E-state index in [1.807, 2.05) is 9.58 Å². The van der Waals surface area contributed by atoms with Crippen LogP contribution in [0, 0.1) is 0 Å². The molecular weight excluding hydrogens is 340 g/mol. The van der Waals surface area contributed by atoms with Gasteiger partial charge < -0.3 is 14.5 Å². The first-order valence-corrected chi connectivity index (χ1v) is 10.4. The molecule has 2 N–H and O–H groups in total. The Hall–Kier alpha value is -1.83. The number of aromatic nitrogens is 4. The van der Waals surface area contributed by atoms with Gasteiger partial charge in [0.25, 0.3) is 0 Å². The van der Waals surface area contributed by atoms with Crippen LogP contribution in [-0.4, -0.2) is 66.1 Å². The fraction of sp³-hybridized carbons (Fsp3) is 0.650. The molecule has 1 aliphatic heterocycles. The maximum Gasteiger partial charge on any atom is 0.214 e. The number of ether oxygens (including phenoxy) is 1. The van der Waals surface area contributed by atoms with Gasteiger partial charge in [-0.05, 0) is 36.1 Å². The summed E-state index contributed by atoms with van der Waals surface area (Å²) in [5.74, 6) is 0.956. The van der Waals surface area contributed by atoms with Gasteiger partial charge in [0.1, 0.15) is 26.2 Å². The second kappa shape index (κ2) is 8.91. The Bertz CT molecular complexity index is 692. The van der Waals surface area contributed by atoms with Crippen molar-refractivity contribution in [3.8, 4) is 0 Å². The van der Waals surface area contributed by atoms with E-state index in [0.717, 1.165) is 11.9 Å². The Kier molecular flexibility index (Phi) is 6.11. The zero-order chi connectivity index (χ0) is 18.5. The highest BCUT2D eigenvalue weighted by Gasteiger charge is 2.37. The summed E-state index contributed by atoms with van der Waals surface area (Å²) in [6.45, 7) is 6.15. The molecule has 0 spiro atoms. The molecule has 7 nitrogen and oxygen atoms in total. The van der Waals surface area contributed by atoms with E-state index in [4.69, 9.17) is 4.74 Å². The summed E-state index contributed by atoms with van der Waals surface area (Å²) in [5, 5.41) is 12.6. The van der Waals surface area contributed by atoms with Crippen molar-refractivity contribution in [1.29, 1.82) is 0 Å². The molecule has 1 saturated carbocycles. The normalized spacial score (nSPS) is 24.9. The molecule has 0 amide bonds. The molecular formula is C20H32N6O+2. The minimum absolute atomic E-state index is 0.184. The van der Waals surface area contributed by atoms with Crippen LogP contribution >= 0.6 is 0 Å². The van der Waals surface area contributed by atoms with Crippen LogP contribution in [0.2, 0.25) is 0 Å². The van der Waals surface area contributed by atoms with E-state index < -0.39 is 0 Å². The zero-order valence-corrected chi connectivity index (χ0v) is 16.3. The number of piperazine rings is 1. The number of methoxy groups -OCH3 is 1. The summed E-state index contributed by atoms with van der Waals surface area (Å²) >= 11 is 0. The Labute approximate surface area is 161 Å². The average molecular weight is 373 g/mol. The molecule has 4 rings (SSSR count). The van der Waals surface area contributed by atoms with Gasteiger partial charge in [-0.1, -0.05) is 30.3 Å². The third-order valence-electron chi connectivity index (χ3n) is 6.33. The minimum atomic E-state index is 0.184. The Morgan fingerprint density at radius 1 is 1.11 bits per heavy atom. The predicted octanol–water partition coefficient (Wildman–Crippen LogP) is -0.865. The lowest BCUT2D eigenvalue weighted by molar-refractivity contribution is -1.03. The van der Waals surface area contributed by atoms with Crippen molar-refractivity contribution in [3.63, 3.8) is 0 Å². The van der Waals surface area contributed by atoms with E-state index in [1.54, 1.807) is 12.0 Å². The van der Waals surface area contributed by atoms with Crippen molar-refractivity contribution in [1.82, 2.24) is 20.2 Å². The van der Waals surface area contributed by atoms with Crippen LogP contribution < -0.4 is 9.80 Å². The minimum Gasteiger partial charge on any atom is -0.383 e. The molecule has 1 aliphatic carbocycles. The first-order chi connectivity index (χ1) is 13.4. The molecule has 0 bridgehead atoms. The Balaban J connectivity index is 1.54. The molecule has 7 heteroatoms. The predicted molar refractivity (Wildman–Crippen MR) is 102 cm³/mol. The van der Waals surface area contributed by atoms with Crippen molar-refractivity contribution in [2.45, 2.75) is 44.3 Å². The third-order valence-corrected chi connectivity index (χ3v) is 6.33. The monoisotopic (exact) mass is 372 g/mol. The van der Waals surface area contributed by atoms with Crippen molar-refractivity contribution in [2.24, 2.45) is 0 Å². The van der Waals surface area contributed by atoms with Crippen LogP contribution in [-0.2, 0) is 11.3 Å². The van der Waals surface area contributed by atoms with Gasteiger partial charge in [-0.2, -0.15) is 0 Å². The SMILES string of the molecule is COCCn1nnnc1[C@@H](c1ccccc1)[NH+]1CC[NH+](C2CCCC2)CC1. The summed E-state index contributed by atoms with van der Waals surface area (Å²) in [6, 6.07) is 11.8. The summed E-state index contributed by atoms with van der Waals surface area (Å²) in [7, 11) is 1.72. The van der Waals surface area contributed by atoms with E-state index in [2.05, 4.69) is 45.9 Å². The van der Waals surface area contributed by atoms with E-state index in [9.17, 15) is 0 Å². The largest absolute Gasteiger partial charge is 0.383 e. The van der Waals surface area contributed by atoms with Crippen molar-refractivity contribution in [2.75, 3.05) is 39.9 Å². The topological polar surface area (TPSA) is 61.7 Å². The van der Waals surface area contributed by atoms with Gasteiger partial charge >= 0.3 is 0 Å². The number of quaternary nitrogens is 2. The van der Waals surface area contributed by atoms with Crippen molar-refractivity contribution >= 4 is 0 Å². The highest BCUT2D eigenvalue weighted by atomic mass is 16.5. The van der Waals surface area contributed by atoms with Crippen LogP contribution in [0.3, 0.4) is 0 Å². The number of nitrogens with one attached hydrogen (secondary N) is 2. The Morgan fingerprint density at radius 2 is 1.85 bits per heavy atom. The molecule has 1 atom stereocenters. The van der Waals surface area contributed by atoms with E-state index in [-0.39, 0.29) is 6.04 Å². The average Bonchev–Trinajstić information content (AvgIpc) is 3.41. The van der Waals surface area contributed by atoms with Crippen molar-refractivity contribution < 1.29 is 14.5 Å². The van der Waals surface area contributed by atoms with Crippen molar-refractivity contribution in [3.05, 3.63) is 41.7 Å².